The van der Waals surface area contributed by atoms with Gasteiger partial charge in [0, 0.05) is 30.6 Å². The van der Waals surface area contributed by atoms with Crippen molar-refractivity contribution in [3.63, 3.8) is 0 Å². The topological polar surface area (TPSA) is 83.7 Å². The third kappa shape index (κ3) is 5.47. The van der Waals surface area contributed by atoms with Crippen molar-refractivity contribution in [3.05, 3.63) is 17.0 Å². The number of piperidine rings is 1. The maximum atomic E-state index is 13.1. The molecule has 1 saturated heterocycles. The molecule has 2 rings (SSSR count). The second-order valence-electron chi connectivity index (χ2n) is 7.18. The molecule has 0 N–H and O–H groups in total. The van der Waals surface area contributed by atoms with E-state index in [2.05, 4.69) is 5.16 Å². The molecule has 1 fully saturated rings. The number of hydrogen-bond acceptors (Lipinski definition) is 5. The second-order valence-corrected chi connectivity index (χ2v) is 9.17. The largest absolute Gasteiger partial charge is 0.361 e. The van der Waals surface area contributed by atoms with E-state index in [9.17, 15) is 22.0 Å². The lowest BCUT2D eigenvalue weighted by Gasteiger charge is -2.38. The zero-order chi connectivity index (χ0) is 20.4. The zero-order valence-electron chi connectivity index (χ0n) is 16.1. The van der Waals surface area contributed by atoms with Crippen LogP contribution in [0.3, 0.4) is 0 Å². The second kappa shape index (κ2) is 8.64. The number of sulfonamides is 1. The van der Waals surface area contributed by atoms with Crippen LogP contribution in [0.5, 0.6) is 0 Å². The third-order valence-electron chi connectivity index (χ3n) is 5.06. The van der Waals surface area contributed by atoms with E-state index < -0.39 is 35.0 Å². The molecular formula is C17H27F2N3O4S. The van der Waals surface area contributed by atoms with Crippen LogP contribution in [-0.2, 0) is 21.2 Å². The lowest BCUT2D eigenvalue weighted by molar-refractivity contribution is -0.140. The van der Waals surface area contributed by atoms with Gasteiger partial charge in [0.25, 0.3) is 6.43 Å². The summed E-state index contributed by atoms with van der Waals surface area (Å²) >= 11 is 0. The summed E-state index contributed by atoms with van der Waals surface area (Å²) in [6, 6.07) is -0.392. The van der Waals surface area contributed by atoms with Crippen molar-refractivity contribution in [1.82, 2.24) is 14.4 Å². The van der Waals surface area contributed by atoms with Gasteiger partial charge in [0.2, 0.25) is 15.9 Å². The highest BCUT2D eigenvalue weighted by molar-refractivity contribution is 7.88. The first-order chi connectivity index (χ1) is 12.5. The van der Waals surface area contributed by atoms with E-state index in [0.717, 1.165) is 11.8 Å². The average molecular weight is 407 g/mol. The number of carbonyl (C=O) groups is 1. The fourth-order valence-corrected chi connectivity index (χ4v) is 4.40. The first-order valence-electron chi connectivity index (χ1n) is 8.96. The highest BCUT2D eigenvalue weighted by atomic mass is 32.2. The van der Waals surface area contributed by atoms with Crippen LogP contribution in [0.4, 0.5) is 8.78 Å². The number of alkyl halides is 2. The molecule has 10 heteroatoms. The molecule has 0 saturated carbocycles. The van der Waals surface area contributed by atoms with Gasteiger partial charge in [-0.1, -0.05) is 12.1 Å². The summed E-state index contributed by atoms with van der Waals surface area (Å²) in [5, 5.41) is 3.86. The number of nitrogens with zero attached hydrogens (tertiary/aromatic N) is 3. The standard InChI is InChI=1S/C17H27F2N3O4S/c1-11(9-15-12(2)20-26-13(15)3)17(23)22(10-16(18)19)14-5-7-21(8-6-14)27(4,24)25/h11,14,16H,5-10H2,1-4H3. The molecule has 1 atom stereocenters. The van der Waals surface area contributed by atoms with Gasteiger partial charge in [-0.15, -0.1) is 0 Å². The van der Waals surface area contributed by atoms with Crippen LogP contribution >= 0.6 is 0 Å². The SMILES string of the molecule is Cc1noc(C)c1CC(C)C(=O)N(CC(F)F)C1CCN(S(C)(=O)=O)CC1. The van der Waals surface area contributed by atoms with Crippen molar-refractivity contribution in [2.24, 2.45) is 5.92 Å². The number of carbonyl (C=O) groups excluding carboxylic acids is 1. The molecule has 0 spiro atoms. The minimum Gasteiger partial charge on any atom is -0.361 e. The number of hydrogen-bond donors (Lipinski definition) is 0. The Morgan fingerprint density at radius 2 is 1.93 bits per heavy atom. The number of aromatic nitrogens is 1. The number of halogens is 2. The summed E-state index contributed by atoms with van der Waals surface area (Å²) in [5.74, 6) is -0.240. The van der Waals surface area contributed by atoms with Gasteiger partial charge in [0.15, 0.2) is 0 Å². The predicted octanol–water partition coefficient (Wildman–Crippen LogP) is 1.99. The fourth-order valence-electron chi connectivity index (χ4n) is 3.52. The van der Waals surface area contributed by atoms with Crippen molar-refractivity contribution in [2.75, 3.05) is 25.9 Å². The molecule has 1 amide bonds. The van der Waals surface area contributed by atoms with Gasteiger partial charge in [-0.2, -0.15) is 0 Å². The minimum absolute atomic E-state index is 0.231. The van der Waals surface area contributed by atoms with E-state index >= 15 is 0 Å². The van der Waals surface area contributed by atoms with Crippen LogP contribution in [0, 0.1) is 19.8 Å². The Morgan fingerprint density at radius 3 is 2.37 bits per heavy atom. The Hall–Kier alpha value is -1.55. The first-order valence-corrected chi connectivity index (χ1v) is 10.8. The smallest absolute Gasteiger partial charge is 0.255 e. The summed E-state index contributed by atoms with van der Waals surface area (Å²) in [6.07, 6.45) is -0.455. The van der Waals surface area contributed by atoms with Crippen molar-refractivity contribution >= 4 is 15.9 Å². The van der Waals surface area contributed by atoms with Crippen LogP contribution in [0.25, 0.3) is 0 Å². The number of rotatable bonds is 7. The van der Waals surface area contributed by atoms with Crippen LogP contribution < -0.4 is 0 Å². The van der Waals surface area contributed by atoms with Gasteiger partial charge in [0.05, 0.1) is 18.5 Å². The van der Waals surface area contributed by atoms with Crippen LogP contribution in [0.15, 0.2) is 4.52 Å². The Bertz CT molecular complexity index is 739. The molecular weight excluding hydrogens is 380 g/mol. The van der Waals surface area contributed by atoms with Gasteiger partial charge in [-0.25, -0.2) is 21.5 Å². The molecule has 1 unspecified atom stereocenters. The molecule has 2 heterocycles. The summed E-state index contributed by atoms with van der Waals surface area (Å²) < 4.78 is 55.9. The molecule has 1 aliphatic heterocycles. The fraction of sp³-hybridized carbons (Fsp3) is 0.765. The van der Waals surface area contributed by atoms with Gasteiger partial charge in [-0.05, 0) is 33.1 Å². The van der Waals surface area contributed by atoms with Crippen molar-refractivity contribution in [3.8, 4) is 0 Å². The van der Waals surface area contributed by atoms with Crippen molar-refractivity contribution in [2.45, 2.75) is 52.5 Å². The van der Waals surface area contributed by atoms with E-state index in [1.165, 1.54) is 9.21 Å². The molecule has 1 aromatic heterocycles. The number of amides is 1. The van der Waals surface area contributed by atoms with Crippen LogP contribution in [0.1, 0.15) is 36.8 Å². The Balaban J connectivity index is 2.10. The molecule has 7 nitrogen and oxygen atoms in total. The number of aryl methyl sites for hydroxylation is 2. The maximum Gasteiger partial charge on any atom is 0.255 e. The summed E-state index contributed by atoms with van der Waals surface area (Å²) in [5.41, 5.74) is 1.51. The molecule has 0 aromatic carbocycles. The normalized spacial score (nSPS) is 18.0. The lowest BCUT2D eigenvalue weighted by atomic mass is 9.96. The summed E-state index contributed by atoms with van der Waals surface area (Å²) in [7, 11) is -3.31. The first kappa shape index (κ1) is 21.7. The molecule has 154 valence electrons. The Kier molecular flexibility index (Phi) is 6.96. The predicted molar refractivity (Wildman–Crippen MR) is 96.0 cm³/mol. The van der Waals surface area contributed by atoms with E-state index in [1.54, 1.807) is 20.8 Å². The highest BCUT2D eigenvalue weighted by Gasteiger charge is 2.34. The van der Waals surface area contributed by atoms with Gasteiger partial charge in [-0.3, -0.25) is 4.79 Å². The van der Waals surface area contributed by atoms with Gasteiger partial charge < -0.3 is 9.42 Å². The van der Waals surface area contributed by atoms with Crippen LogP contribution in [-0.4, -0.2) is 67.0 Å². The monoisotopic (exact) mass is 407 g/mol. The maximum absolute atomic E-state index is 13.1. The van der Waals surface area contributed by atoms with Crippen LogP contribution in [0.2, 0.25) is 0 Å². The van der Waals surface area contributed by atoms with E-state index in [4.69, 9.17) is 4.52 Å². The molecule has 27 heavy (non-hydrogen) atoms. The third-order valence-corrected chi connectivity index (χ3v) is 6.37. The van der Waals surface area contributed by atoms with Gasteiger partial charge >= 0.3 is 0 Å². The van der Waals surface area contributed by atoms with Crippen molar-refractivity contribution < 1.29 is 26.5 Å². The van der Waals surface area contributed by atoms with Gasteiger partial charge in [0.1, 0.15) is 5.76 Å². The van der Waals surface area contributed by atoms with Crippen molar-refractivity contribution in [1.29, 1.82) is 0 Å². The molecule has 0 aliphatic carbocycles. The molecule has 1 aliphatic rings. The lowest BCUT2D eigenvalue weighted by Crippen LogP contribution is -2.51. The highest BCUT2D eigenvalue weighted by Crippen LogP contribution is 2.24. The summed E-state index contributed by atoms with van der Waals surface area (Å²) in [6.45, 7) is 5.06. The average Bonchev–Trinajstić information content (AvgIpc) is 2.90. The Morgan fingerprint density at radius 1 is 1.33 bits per heavy atom. The van der Waals surface area contributed by atoms with E-state index in [0.29, 0.717) is 30.7 Å². The zero-order valence-corrected chi connectivity index (χ0v) is 16.9. The Labute approximate surface area is 158 Å². The quantitative estimate of drug-likeness (QED) is 0.690. The molecule has 0 radical (unpaired) electrons. The molecule has 1 aromatic rings. The van der Waals surface area contributed by atoms with E-state index in [1.807, 2.05) is 0 Å². The van der Waals surface area contributed by atoms with E-state index in [-0.39, 0.29) is 19.0 Å². The minimum atomic E-state index is -3.31. The summed E-state index contributed by atoms with van der Waals surface area (Å²) in [4.78, 5) is 14.1. The molecule has 0 bridgehead atoms.